The van der Waals surface area contributed by atoms with Gasteiger partial charge in [-0.3, -0.25) is 0 Å². The molecule has 0 saturated carbocycles. The van der Waals surface area contributed by atoms with Crippen LogP contribution in [0.25, 0.3) is 0 Å². The van der Waals surface area contributed by atoms with E-state index in [1.807, 2.05) is 13.8 Å². The Kier molecular flexibility index (Phi) is 4.46. The summed E-state index contributed by atoms with van der Waals surface area (Å²) in [6.45, 7) is 10.4. The molecule has 102 valence electrons. The SMILES string of the molecule is CCCNC(c1cc(C)oc1C)C1OCCC1C. The van der Waals surface area contributed by atoms with Crippen LogP contribution in [0.3, 0.4) is 0 Å². The molecular formula is C15H25NO2. The topological polar surface area (TPSA) is 34.4 Å². The van der Waals surface area contributed by atoms with Crippen LogP contribution in [0.5, 0.6) is 0 Å². The fourth-order valence-corrected chi connectivity index (χ4v) is 2.81. The fraction of sp³-hybridized carbons (Fsp3) is 0.733. The van der Waals surface area contributed by atoms with E-state index >= 15 is 0 Å². The predicted octanol–water partition coefficient (Wildman–Crippen LogP) is 3.36. The Hall–Kier alpha value is -0.800. The van der Waals surface area contributed by atoms with Gasteiger partial charge in [0.05, 0.1) is 12.1 Å². The molecule has 0 amide bonds. The van der Waals surface area contributed by atoms with Crippen molar-refractivity contribution in [1.82, 2.24) is 5.32 Å². The van der Waals surface area contributed by atoms with E-state index in [1.165, 1.54) is 5.56 Å². The Morgan fingerprint density at radius 2 is 2.22 bits per heavy atom. The Morgan fingerprint density at radius 1 is 1.44 bits per heavy atom. The van der Waals surface area contributed by atoms with Crippen LogP contribution in [-0.4, -0.2) is 19.3 Å². The molecule has 1 aromatic heterocycles. The molecule has 3 unspecified atom stereocenters. The molecule has 3 nitrogen and oxygen atoms in total. The van der Waals surface area contributed by atoms with Crippen LogP contribution in [-0.2, 0) is 4.74 Å². The molecule has 1 aliphatic heterocycles. The Labute approximate surface area is 110 Å². The van der Waals surface area contributed by atoms with E-state index in [-0.39, 0.29) is 12.1 Å². The fourth-order valence-electron chi connectivity index (χ4n) is 2.81. The molecule has 1 aliphatic rings. The van der Waals surface area contributed by atoms with E-state index in [2.05, 4.69) is 25.2 Å². The van der Waals surface area contributed by atoms with Crippen LogP contribution in [0.1, 0.15) is 49.8 Å². The molecule has 0 spiro atoms. The first-order chi connectivity index (χ1) is 8.63. The molecule has 1 aromatic rings. The largest absolute Gasteiger partial charge is 0.466 e. The maximum Gasteiger partial charge on any atom is 0.105 e. The second-order valence-electron chi connectivity index (χ2n) is 5.40. The number of aryl methyl sites for hydroxylation is 2. The highest BCUT2D eigenvalue weighted by Crippen LogP contribution is 2.33. The molecule has 18 heavy (non-hydrogen) atoms. The summed E-state index contributed by atoms with van der Waals surface area (Å²) in [4.78, 5) is 0. The van der Waals surface area contributed by atoms with Crippen molar-refractivity contribution in [2.24, 2.45) is 5.92 Å². The van der Waals surface area contributed by atoms with Crippen LogP contribution in [0.4, 0.5) is 0 Å². The van der Waals surface area contributed by atoms with Gasteiger partial charge in [0.2, 0.25) is 0 Å². The van der Waals surface area contributed by atoms with Crippen LogP contribution in [0, 0.1) is 19.8 Å². The first-order valence-electron chi connectivity index (χ1n) is 7.05. The third-order valence-corrected chi connectivity index (χ3v) is 3.80. The average molecular weight is 251 g/mol. The summed E-state index contributed by atoms with van der Waals surface area (Å²) in [6, 6.07) is 2.41. The zero-order valence-electron chi connectivity index (χ0n) is 12.0. The maximum atomic E-state index is 5.94. The minimum absolute atomic E-state index is 0.264. The monoisotopic (exact) mass is 251 g/mol. The minimum atomic E-state index is 0.264. The Bertz CT molecular complexity index is 386. The molecule has 3 atom stereocenters. The van der Waals surface area contributed by atoms with Crippen LogP contribution in [0.15, 0.2) is 10.5 Å². The molecule has 0 radical (unpaired) electrons. The number of rotatable bonds is 5. The lowest BCUT2D eigenvalue weighted by Gasteiger charge is -2.27. The van der Waals surface area contributed by atoms with Gasteiger partial charge < -0.3 is 14.5 Å². The standard InChI is InChI=1S/C15H25NO2/c1-5-7-16-14(15-10(2)6-8-17-15)13-9-11(3)18-12(13)4/h9-10,14-16H,5-8H2,1-4H3. The molecule has 0 aliphatic carbocycles. The second-order valence-corrected chi connectivity index (χ2v) is 5.40. The van der Waals surface area contributed by atoms with E-state index < -0.39 is 0 Å². The lowest BCUT2D eigenvalue weighted by atomic mass is 9.92. The van der Waals surface area contributed by atoms with Crippen molar-refractivity contribution in [2.75, 3.05) is 13.2 Å². The van der Waals surface area contributed by atoms with Gasteiger partial charge in [0.1, 0.15) is 11.5 Å². The molecular weight excluding hydrogens is 226 g/mol. The van der Waals surface area contributed by atoms with Gasteiger partial charge in [0, 0.05) is 12.2 Å². The molecule has 2 heterocycles. The number of hydrogen-bond acceptors (Lipinski definition) is 3. The van der Waals surface area contributed by atoms with E-state index in [0.717, 1.165) is 37.5 Å². The van der Waals surface area contributed by atoms with E-state index in [0.29, 0.717) is 5.92 Å². The number of nitrogens with one attached hydrogen (secondary N) is 1. The first-order valence-corrected chi connectivity index (χ1v) is 7.05. The first kappa shape index (κ1) is 13.6. The highest BCUT2D eigenvalue weighted by Gasteiger charge is 2.34. The number of hydrogen-bond donors (Lipinski definition) is 1. The summed E-state index contributed by atoms with van der Waals surface area (Å²) in [5.41, 5.74) is 1.26. The third-order valence-electron chi connectivity index (χ3n) is 3.80. The van der Waals surface area contributed by atoms with Gasteiger partial charge in [-0.1, -0.05) is 13.8 Å². The van der Waals surface area contributed by atoms with E-state index in [1.54, 1.807) is 0 Å². The van der Waals surface area contributed by atoms with Crippen molar-refractivity contribution in [3.05, 3.63) is 23.2 Å². The summed E-state index contributed by atoms with van der Waals surface area (Å²) in [7, 11) is 0. The molecule has 3 heteroatoms. The van der Waals surface area contributed by atoms with Crippen LogP contribution < -0.4 is 5.32 Å². The van der Waals surface area contributed by atoms with Gasteiger partial charge in [-0.25, -0.2) is 0 Å². The van der Waals surface area contributed by atoms with Crippen molar-refractivity contribution in [2.45, 2.75) is 52.7 Å². The highest BCUT2D eigenvalue weighted by atomic mass is 16.5. The van der Waals surface area contributed by atoms with Gasteiger partial charge in [-0.05, 0) is 45.2 Å². The van der Waals surface area contributed by atoms with Crippen LogP contribution in [0.2, 0.25) is 0 Å². The van der Waals surface area contributed by atoms with Gasteiger partial charge in [0.15, 0.2) is 0 Å². The Balaban J connectivity index is 2.21. The molecule has 0 bridgehead atoms. The number of ether oxygens (including phenoxy) is 1. The lowest BCUT2D eigenvalue weighted by molar-refractivity contribution is 0.0602. The summed E-state index contributed by atoms with van der Waals surface area (Å²) in [5.74, 6) is 2.61. The molecule has 0 aromatic carbocycles. The van der Waals surface area contributed by atoms with Crippen molar-refractivity contribution >= 4 is 0 Å². The second kappa shape index (κ2) is 5.89. The zero-order valence-corrected chi connectivity index (χ0v) is 12.0. The van der Waals surface area contributed by atoms with Crippen molar-refractivity contribution in [3.8, 4) is 0 Å². The maximum absolute atomic E-state index is 5.94. The molecule has 1 N–H and O–H groups in total. The normalized spacial score (nSPS) is 25.6. The smallest absolute Gasteiger partial charge is 0.105 e. The van der Waals surface area contributed by atoms with Crippen molar-refractivity contribution in [3.63, 3.8) is 0 Å². The molecule has 1 saturated heterocycles. The average Bonchev–Trinajstić information content (AvgIpc) is 2.87. The van der Waals surface area contributed by atoms with Crippen molar-refractivity contribution < 1.29 is 9.15 Å². The van der Waals surface area contributed by atoms with E-state index in [9.17, 15) is 0 Å². The van der Waals surface area contributed by atoms with Gasteiger partial charge in [-0.15, -0.1) is 0 Å². The lowest BCUT2D eigenvalue weighted by Crippen LogP contribution is -2.35. The van der Waals surface area contributed by atoms with Gasteiger partial charge in [0.25, 0.3) is 0 Å². The number of furan rings is 1. The Morgan fingerprint density at radius 3 is 2.72 bits per heavy atom. The van der Waals surface area contributed by atoms with Gasteiger partial charge >= 0.3 is 0 Å². The molecule has 1 fully saturated rings. The predicted molar refractivity (Wildman–Crippen MR) is 72.7 cm³/mol. The summed E-state index contributed by atoms with van der Waals surface area (Å²) in [5, 5.41) is 3.63. The van der Waals surface area contributed by atoms with Gasteiger partial charge in [-0.2, -0.15) is 0 Å². The summed E-state index contributed by atoms with van der Waals surface area (Å²) in [6.07, 6.45) is 2.56. The minimum Gasteiger partial charge on any atom is -0.466 e. The summed E-state index contributed by atoms with van der Waals surface area (Å²) >= 11 is 0. The van der Waals surface area contributed by atoms with Crippen molar-refractivity contribution in [1.29, 1.82) is 0 Å². The quantitative estimate of drug-likeness (QED) is 0.871. The van der Waals surface area contributed by atoms with Crippen LogP contribution >= 0.6 is 0 Å². The van der Waals surface area contributed by atoms with E-state index in [4.69, 9.17) is 9.15 Å². The molecule has 2 rings (SSSR count). The third kappa shape index (κ3) is 2.78. The zero-order chi connectivity index (χ0) is 13.1. The highest BCUT2D eigenvalue weighted by molar-refractivity contribution is 5.25. The summed E-state index contributed by atoms with van der Waals surface area (Å²) < 4.78 is 11.6.